The topological polar surface area (TPSA) is 90.0 Å². The van der Waals surface area contributed by atoms with E-state index in [0.29, 0.717) is 6.61 Å². The number of halogens is 1. The van der Waals surface area contributed by atoms with E-state index < -0.39 is 5.97 Å². The van der Waals surface area contributed by atoms with E-state index in [0.717, 1.165) is 15.4 Å². The number of H-pyrrole nitrogens is 1. The van der Waals surface area contributed by atoms with Crippen molar-refractivity contribution in [2.24, 2.45) is 0 Å². The molecule has 0 aliphatic rings. The van der Waals surface area contributed by atoms with Gasteiger partial charge in [-0.2, -0.15) is 5.10 Å². The van der Waals surface area contributed by atoms with E-state index in [4.69, 9.17) is 9.47 Å². The molecule has 0 aliphatic heterocycles. The summed E-state index contributed by atoms with van der Waals surface area (Å²) in [4.78, 5) is 21.2. The Kier molecular flexibility index (Phi) is 5.29. The molecular formula is C13H13ClN4O3S. The number of hydrogen-bond donors (Lipinski definition) is 1. The van der Waals surface area contributed by atoms with Crippen molar-refractivity contribution in [3.05, 3.63) is 35.1 Å². The number of aromatic amines is 1. The van der Waals surface area contributed by atoms with E-state index >= 15 is 0 Å². The molecule has 7 nitrogen and oxygen atoms in total. The highest BCUT2D eigenvalue weighted by atomic mass is 35.5. The lowest BCUT2D eigenvalue weighted by Gasteiger charge is -2.04. The number of hydrogen-bond acceptors (Lipinski definition) is 7. The molecule has 0 spiro atoms. The lowest BCUT2D eigenvalue weighted by atomic mass is 10.3. The van der Waals surface area contributed by atoms with Crippen molar-refractivity contribution < 1.29 is 14.3 Å². The molecule has 3 heterocycles. The third kappa shape index (κ3) is 3.34. The van der Waals surface area contributed by atoms with Crippen molar-refractivity contribution in [3.63, 3.8) is 0 Å². The van der Waals surface area contributed by atoms with Crippen LogP contribution in [0, 0.1) is 0 Å². The van der Waals surface area contributed by atoms with Crippen molar-refractivity contribution in [1.29, 1.82) is 0 Å². The number of nitrogens with zero attached hydrogens (tertiary/aromatic N) is 3. The predicted octanol–water partition coefficient (Wildman–Crippen LogP) is 2.59. The molecule has 116 valence electrons. The maximum atomic E-state index is 11.7. The Morgan fingerprint density at radius 3 is 3.09 bits per heavy atom. The molecular weight excluding hydrogens is 328 g/mol. The lowest BCUT2D eigenvalue weighted by Crippen LogP contribution is -2.06. The number of rotatable bonds is 5. The van der Waals surface area contributed by atoms with Crippen LogP contribution in [-0.4, -0.2) is 32.7 Å². The van der Waals surface area contributed by atoms with Gasteiger partial charge in [0.2, 0.25) is 5.88 Å². The minimum Gasteiger partial charge on any atom is -0.470 e. The van der Waals surface area contributed by atoms with Crippen molar-refractivity contribution in [3.8, 4) is 5.88 Å². The number of nitrogens with one attached hydrogen (secondary N) is 1. The molecule has 0 saturated heterocycles. The van der Waals surface area contributed by atoms with E-state index in [1.165, 1.54) is 17.5 Å². The van der Waals surface area contributed by atoms with Gasteiger partial charge in [-0.05, 0) is 19.1 Å². The molecule has 0 saturated carbocycles. The summed E-state index contributed by atoms with van der Waals surface area (Å²) in [6.07, 6.45) is 3.10. The Morgan fingerprint density at radius 1 is 1.45 bits per heavy atom. The minimum absolute atomic E-state index is 0. The van der Waals surface area contributed by atoms with Crippen molar-refractivity contribution >= 4 is 40.1 Å². The Bertz CT molecular complexity index is 740. The zero-order chi connectivity index (χ0) is 14.7. The molecule has 0 aliphatic carbocycles. The molecule has 9 heteroatoms. The summed E-state index contributed by atoms with van der Waals surface area (Å²) in [6.45, 7) is 2.27. The summed E-state index contributed by atoms with van der Waals surface area (Å²) < 4.78 is 10.5. The van der Waals surface area contributed by atoms with Crippen LogP contribution >= 0.6 is 23.7 Å². The first-order valence-electron chi connectivity index (χ1n) is 6.31. The zero-order valence-electron chi connectivity index (χ0n) is 11.6. The van der Waals surface area contributed by atoms with Crippen molar-refractivity contribution in [2.75, 3.05) is 6.61 Å². The summed E-state index contributed by atoms with van der Waals surface area (Å²) in [5.74, 6) is -0.187. The quantitative estimate of drug-likeness (QED) is 0.718. The molecule has 0 atom stereocenters. The molecule has 1 N–H and O–H groups in total. The van der Waals surface area contributed by atoms with Gasteiger partial charge in [-0.3, -0.25) is 0 Å². The van der Waals surface area contributed by atoms with Crippen molar-refractivity contribution in [1.82, 2.24) is 20.2 Å². The minimum atomic E-state index is -0.466. The molecule has 3 rings (SSSR count). The van der Waals surface area contributed by atoms with Gasteiger partial charge in [-0.1, -0.05) is 11.3 Å². The molecule has 0 bridgehead atoms. The maximum absolute atomic E-state index is 11.7. The SMILES string of the molecule is CCOC(=O)c1cn[nH]c1OCc1nc2cccnc2s1.Cl. The van der Waals surface area contributed by atoms with E-state index in [-0.39, 0.29) is 30.5 Å². The fraction of sp³-hybridized carbons (Fsp3) is 0.231. The lowest BCUT2D eigenvalue weighted by molar-refractivity contribution is 0.0521. The van der Waals surface area contributed by atoms with Crippen LogP contribution in [0.2, 0.25) is 0 Å². The Hall–Kier alpha value is -2.19. The van der Waals surface area contributed by atoms with Crippen LogP contribution in [0.5, 0.6) is 5.88 Å². The number of carbonyl (C=O) groups excluding carboxylic acids is 1. The Morgan fingerprint density at radius 2 is 2.32 bits per heavy atom. The molecule has 22 heavy (non-hydrogen) atoms. The average Bonchev–Trinajstić information content (AvgIpc) is 3.11. The van der Waals surface area contributed by atoms with E-state index in [1.54, 1.807) is 13.1 Å². The number of carbonyl (C=O) groups is 1. The summed E-state index contributed by atoms with van der Waals surface area (Å²) in [5.41, 5.74) is 1.10. The van der Waals surface area contributed by atoms with Crippen LogP contribution in [-0.2, 0) is 11.3 Å². The van der Waals surface area contributed by atoms with Crippen LogP contribution in [0.3, 0.4) is 0 Å². The number of fused-ring (bicyclic) bond motifs is 1. The molecule has 3 aromatic heterocycles. The molecule has 3 aromatic rings. The number of pyridine rings is 1. The smallest absolute Gasteiger partial charge is 0.345 e. The van der Waals surface area contributed by atoms with Gasteiger partial charge in [0.1, 0.15) is 27.5 Å². The summed E-state index contributed by atoms with van der Waals surface area (Å²) in [7, 11) is 0. The van der Waals surface area contributed by atoms with Gasteiger partial charge in [0.15, 0.2) is 0 Å². The van der Waals surface area contributed by atoms with Gasteiger partial charge >= 0.3 is 5.97 Å². The van der Waals surface area contributed by atoms with Crippen LogP contribution < -0.4 is 4.74 Å². The second-order valence-corrected chi connectivity index (χ2v) is 5.12. The second kappa shape index (κ2) is 7.19. The van der Waals surface area contributed by atoms with Crippen LogP contribution in [0.25, 0.3) is 10.3 Å². The highest BCUT2D eigenvalue weighted by Crippen LogP contribution is 2.22. The second-order valence-electron chi connectivity index (χ2n) is 4.06. The zero-order valence-corrected chi connectivity index (χ0v) is 13.2. The average molecular weight is 341 g/mol. The summed E-state index contributed by atoms with van der Waals surface area (Å²) >= 11 is 1.45. The van der Waals surface area contributed by atoms with Crippen LogP contribution in [0.4, 0.5) is 0 Å². The van der Waals surface area contributed by atoms with Gasteiger partial charge in [0, 0.05) is 6.20 Å². The van der Waals surface area contributed by atoms with E-state index in [2.05, 4.69) is 20.2 Å². The highest BCUT2D eigenvalue weighted by Gasteiger charge is 2.16. The number of aromatic nitrogens is 4. The summed E-state index contributed by atoms with van der Waals surface area (Å²) in [5, 5.41) is 7.21. The fourth-order valence-electron chi connectivity index (χ4n) is 1.75. The standard InChI is InChI=1S/C13H12N4O3S.ClH/c1-2-19-13(18)8-6-15-17-11(8)20-7-10-16-9-4-3-5-14-12(9)21-10;/h3-6H,2,7H2,1H3,(H,15,17);1H. The fourth-order valence-corrected chi connectivity index (χ4v) is 2.57. The maximum Gasteiger partial charge on any atom is 0.345 e. The van der Waals surface area contributed by atoms with Gasteiger partial charge in [-0.15, -0.1) is 12.4 Å². The Labute approximate surface area is 136 Å². The van der Waals surface area contributed by atoms with Gasteiger partial charge in [0.25, 0.3) is 0 Å². The largest absolute Gasteiger partial charge is 0.470 e. The summed E-state index contributed by atoms with van der Waals surface area (Å²) in [6, 6.07) is 3.73. The Balaban J connectivity index is 0.00000176. The first-order valence-corrected chi connectivity index (χ1v) is 7.13. The third-order valence-corrected chi connectivity index (χ3v) is 3.60. The molecule has 0 unspecified atom stereocenters. The van der Waals surface area contributed by atoms with E-state index in [1.807, 2.05) is 12.1 Å². The number of ether oxygens (including phenoxy) is 2. The molecule has 0 radical (unpaired) electrons. The molecule has 0 amide bonds. The van der Waals surface area contributed by atoms with Crippen molar-refractivity contribution in [2.45, 2.75) is 13.5 Å². The van der Waals surface area contributed by atoms with Gasteiger partial charge < -0.3 is 9.47 Å². The van der Waals surface area contributed by atoms with Gasteiger partial charge in [-0.25, -0.2) is 19.9 Å². The number of esters is 1. The first kappa shape index (κ1) is 16.2. The van der Waals surface area contributed by atoms with Crippen LogP contribution in [0.1, 0.15) is 22.3 Å². The first-order chi connectivity index (χ1) is 10.3. The van der Waals surface area contributed by atoms with E-state index in [9.17, 15) is 4.79 Å². The monoisotopic (exact) mass is 340 g/mol. The normalized spacial score (nSPS) is 10.2. The van der Waals surface area contributed by atoms with Gasteiger partial charge in [0.05, 0.1) is 12.8 Å². The number of thiazole rings is 1. The molecule has 0 fully saturated rings. The third-order valence-electron chi connectivity index (χ3n) is 2.65. The van der Waals surface area contributed by atoms with Crippen LogP contribution in [0.15, 0.2) is 24.5 Å². The predicted molar refractivity (Wildman–Crippen MR) is 83.5 cm³/mol. The molecule has 0 aromatic carbocycles. The highest BCUT2D eigenvalue weighted by molar-refractivity contribution is 7.18.